The number of anilines is 1. The number of imidazole rings is 1. The second kappa shape index (κ2) is 7.99. The summed E-state index contributed by atoms with van der Waals surface area (Å²) in [5.41, 5.74) is 4.23. The number of aromatic nitrogens is 2. The van der Waals surface area contributed by atoms with Crippen LogP contribution in [0.4, 0.5) is 5.69 Å². The van der Waals surface area contributed by atoms with Gasteiger partial charge in [0.2, 0.25) is 0 Å². The Kier molecular flexibility index (Phi) is 5.41. The van der Waals surface area contributed by atoms with Crippen LogP contribution in [0.3, 0.4) is 0 Å². The van der Waals surface area contributed by atoms with Gasteiger partial charge in [0.05, 0.1) is 5.69 Å². The molecule has 1 aromatic carbocycles. The van der Waals surface area contributed by atoms with Crippen LogP contribution in [0.15, 0.2) is 18.2 Å². The number of nitrogens with one attached hydrogen (secondary N) is 1. The van der Waals surface area contributed by atoms with Gasteiger partial charge < -0.3 is 19.7 Å². The van der Waals surface area contributed by atoms with Gasteiger partial charge >= 0.3 is 0 Å². The molecule has 2 aliphatic rings. The minimum Gasteiger partial charge on any atom is -0.333 e. The van der Waals surface area contributed by atoms with E-state index in [1.165, 1.54) is 0 Å². The monoisotopic (exact) mass is 395 g/mol. The molecule has 3 heterocycles. The molecule has 1 N–H and O–H groups in total. The summed E-state index contributed by atoms with van der Waals surface area (Å²) in [5, 5.41) is 3.00. The highest BCUT2D eigenvalue weighted by molar-refractivity contribution is 6.05. The first kappa shape index (κ1) is 19.6. The molecule has 0 saturated carbocycles. The summed E-state index contributed by atoms with van der Waals surface area (Å²) in [6, 6.07) is 5.94. The molecule has 154 valence electrons. The fourth-order valence-corrected chi connectivity index (χ4v) is 4.17. The maximum atomic E-state index is 13.2. The summed E-state index contributed by atoms with van der Waals surface area (Å²) in [4.78, 5) is 34.9. The van der Waals surface area contributed by atoms with Crippen molar-refractivity contribution in [2.75, 3.05) is 38.5 Å². The highest BCUT2D eigenvalue weighted by atomic mass is 16.2. The van der Waals surface area contributed by atoms with E-state index in [0.29, 0.717) is 24.6 Å². The molecular weight excluding hydrogens is 366 g/mol. The number of fused-ring (bicyclic) bond motifs is 1. The average Bonchev–Trinajstić information content (AvgIpc) is 3.10. The van der Waals surface area contributed by atoms with Crippen molar-refractivity contribution >= 4 is 17.5 Å². The zero-order chi connectivity index (χ0) is 20.5. The van der Waals surface area contributed by atoms with Gasteiger partial charge in [-0.1, -0.05) is 17.7 Å². The Morgan fingerprint density at radius 1 is 1.03 bits per heavy atom. The van der Waals surface area contributed by atoms with Crippen molar-refractivity contribution in [1.82, 2.24) is 19.4 Å². The molecule has 4 rings (SSSR count). The maximum Gasteiger partial charge on any atom is 0.289 e. The second-order valence-electron chi connectivity index (χ2n) is 8.21. The quantitative estimate of drug-likeness (QED) is 0.867. The van der Waals surface area contributed by atoms with Gasteiger partial charge in [0.25, 0.3) is 11.8 Å². The Morgan fingerprint density at radius 2 is 1.79 bits per heavy atom. The first-order valence-electron chi connectivity index (χ1n) is 10.4. The molecule has 0 unspecified atom stereocenters. The molecule has 1 aromatic heterocycles. The van der Waals surface area contributed by atoms with E-state index < -0.39 is 0 Å². The number of rotatable bonds is 3. The lowest BCUT2D eigenvalue weighted by Crippen LogP contribution is -2.47. The lowest BCUT2D eigenvalue weighted by Gasteiger charge is -2.32. The number of aryl methyl sites for hydroxylation is 2. The fourth-order valence-electron chi connectivity index (χ4n) is 4.17. The molecule has 0 atom stereocenters. The minimum absolute atomic E-state index is 0.0631. The molecule has 1 saturated heterocycles. The first-order valence-corrected chi connectivity index (χ1v) is 10.4. The smallest absolute Gasteiger partial charge is 0.289 e. The number of piperazine rings is 1. The summed E-state index contributed by atoms with van der Waals surface area (Å²) >= 11 is 0. The molecule has 2 amide bonds. The van der Waals surface area contributed by atoms with Gasteiger partial charge in [0.1, 0.15) is 0 Å². The van der Waals surface area contributed by atoms with Crippen LogP contribution >= 0.6 is 0 Å². The minimum atomic E-state index is -0.236. The van der Waals surface area contributed by atoms with Crippen molar-refractivity contribution in [3.05, 3.63) is 46.5 Å². The Bertz CT molecular complexity index is 941. The summed E-state index contributed by atoms with van der Waals surface area (Å²) in [5.74, 6) is 0.113. The summed E-state index contributed by atoms with van der Waals surface area (Å²) in [6.07, 6.45) is 2.79. The number of hydrogen-bond acceptors (Lipinski definition) is 4. The summed E-state index contributed by atoms with van der Waals surface area (Å²) in [6.45, 7) is 7.87. The topological polar surface area (TPSA) is 70.5 Å². The number of nitrogens with zero attached hydrogens (tertiary/aromatic N) is 4. The third kappa shape index (κ3) is 3.92. The lowest BCUT2D eigenvalue weighted by atomic mass is 10.1. The number of benzene rings is 1. The molecule has 7 heteroatoms. The van der Waals surface area contributed by atoms with Crippen LogP contribution in [0.2, 0.25) is 0 Å². The van der Waals surface area contributed by atoms with Crippen LogP contribution in [-0.4, -0.2) is 64.4 Å². The second-order valence-corrected chi connectivity index (χ2v) is 8.21. The molecule has 7 nitrogen and oxygen atoms in total. The van der Waals surface area contributed by atoms with E-state index >= 15 is 0 Å². The van der Waals surface area contributed by atoms with E-state index in [1.54, 1.807) is 0 Å². The fraction of sp³-hybridized carbons (Fsp3) is 0.500. The Morgan fingerprint density at radius 3 is 2.52 bits per heavy atom. The summed E-state index contributed by atoms with van der Waals surface area (Å²) in [7, 11) is 2.06. The van der Waals surface area contributed by atoms with Gasteiger partial charge in [-0.25, -0.2) is 4.98 Å². The number of hydrogen-bond donors (Lipinski definition) is 1. The van der Waals surface area contributed by atoms with Gasteiger partial charge in [0.15, 0.2) is 11.5 Å². The van der Waals surface area contributed by atoms with Crippen LogP contribution in [-0.2, 0) is 13.0 Å². The Labute approximate surface area is 171 Å². The van der Waals surface area contributed by atoms with E-state index in [1.807, 2.05) is 41.5 Å². The van der Waals surface area contributed by atoms with Crippen molar-refractivity contribution < 1.29 is 9.59 Å². The molecule has 0 bridgehead atoms. The van der Waals surface area contributed by atoms with Crippen LogP contribution in [0, 0.1) is 13.8 Å². The molecule has 0 radical (unpaired) electrons. The SMILES string of the molecule is Cc1ccc(NC(=O)c2nc(C(=O)N3CCN(C)CC3)n3c2CCCC3)c(C)c1. The number of carbonyl (C=O) groups excluding carboxylic acids is 2. The van der Waals surface area contributed by atoms with Gasteiger partial charge in [-0.2, -0.15) is 0 Å². The first-order chi connectivity index (χ1) is 13.9. The van der Waals surface area contributed by atoms with Crippen molar-refractivity contribution in [3.63, 3.8) is 0 Å². The number of carbonyl (C=O) groups is 2. The van der Waals surface area contributed by atoms with E-state index in [-0.39, 0.29) is 11.8 Å². The van der Waals surface area contributed by atoms with Crippen LogP contribution in [0.5, 0.6) is 0 Å². The highest BCUT2D eigenvalue weighted by Gasteiger charge is 2.31. The zero-order valence-electron chi connectivity index (χ0n) is 17.5. The normalized spacial score (nSPS) is 17.1. The molecule has 2 aromatic rings. The molecule has 0 aliphatic carbocycles. The Balaban J connectivity index is 1.62. The lowest BCUT2D eigenvalue weighted by molar-refractivity contribution is 0.0645. The van der Waals surface area contributed by atoms with E-state index in [9.17, 15) is 9.59 Å². The molecular formula is C22H29N5O2. The molecule has 29 heavy (non-hydrogen) atoms. The standard InChI is InChI=1S/C22H29N5O2/c1-15-7-8-17(16(2)14-15)23-21(28)19-18-6-4-5-9-27(18)20(24-19)22(29)26-12-10-25(3)11-13-26/h7-8,14H,4-6,9-13H2,1-3H3,(H,23,28). The maximum absolute atomic E-state index is 13.2. The third-order valence-electron chi connectivity index (χ3n) is 5.94. The van der Waals surface area contributed by atoms with Gasteiger partial charge in [0, 0.05) is 38.4 Å². The highest BCUT2D eigenvalue weighted by Crippen LogP contribution is 2.24. The van der Waals surface area contributed by atoms with E-state index in [2.05, 4.69) is 22.2 Å². The third-order valence-corrected chi connectivity index (χ3v) is 5.94. The van der Waals surface area contributed by atoms with Crippen molar-refractivity contribution in [3.8, 4) is 0 Å². The number of likely N-dealkylation sites (N-methyl/N-ethyl adjacent to an activating group) is 1. The molecule has 0 spiro atoms. The van der Waals surface area contributed by atoms with Crippen molar-refractivity contribution in [1.29, 1.82) is 0 Å². The van der Waals surface area contributed by atoms with Gasteiger partial charge in [-0.15, -0.1) is 0 Å². The molecule has 2 aliphatic heterocycles. The van der Waals surface area contributed by atoms with Crippen LogP contribution in [0.25, 0.3) is 0 Å². The molecule has 1 fully saturated rings. The van der Waals surface area contributed by atoms with Gasteiger partial charge in [-0.3, -0.25) is 9.59 Å². The predicted octanol–water partition coefficient (Wildman–Crippen LogP) is 2.48. The zero-order valence-corrected chi connectivity index (χ0v) is 17.5. The predicted molar refractivity (Wildman–Crippen MR) is 112 cm³/mol. The average molecular weight is 396 g/mol. The van der Waals surface area contributed by atoms with Crippen LogP contribution in [0.1, 0.15) is 50.8 Å². The van der Waals surface area contributed by atoms with E-state index in [4.69, 9.17) is 0 Å². The number of amides is 2. The Hall–Kier alpha value is -2.67. The van der Waals surface area contributed by atoms with E-state index in [0.717, 1.165) is 61.4 Å². The summed E-state index contributed by atoms with van der Waals surface area (Å²) < 4.78 is 1.97. The largest absolute Gasteiger partial charge is 0.333 e. The van der Waals surface area contributed by atoms with Crippen molar-refractivity contribution in [2.45, 2.75) is 39.7 Å². The van der Waals surface area contributed by atoms with Crippen LogP contribution < -0.4 is 5.32 Å². The van der Waals surface area contributed by atoms with Crippen molar-refractivity contribution in [2.24, 2.45) is 0 Å². The van der Waals surface area contributed by atoms with Gasteiger partial charge in [-0.05, 0) is 51.8 Å².